The number of carbonyl (C=O) groups excluding carboxylic acids is 1. The molecule has 3 aromatic rings. The molecule has 1 fully saturated rings. The van der Waals surface area contributed by atoms with Crippen molar-refractivity contribution in [1.82, 2.24) is 9.88 Å². The van der Waals surface area contributed by atoms with Crippen molar-refractivity contribution in [2.75, 3.05) is 36.8 Å². The van der Waals surface area contributed by atoms with Gasteiger partial charge in [-0.15, -0.1) is 0 Å². The lowest BCUT2D eigenvalue weighted by Gasteiger charge is -2.35. The standard InChI is InChI=1S/C22H22N4O3S/c1-16-14-21(23-18-7-3-2-6-17(16)18)30-15-22(27)25-12-10-24(11-13-25)19-8-4-5-9-20(19)26(28)29/h2-9,14H,10-13,15H2,1H3. The number of nitro groups is 1. The minimum absolute atomic E-state index is 0.0647. The highest BCUT2D eigenvalue weighted by atomic mass is 32.2. The first-order valence-electron chi connectivity index (χ1n) is 9.78. The molecule has 1 saturated heterocycles. The average Bonchev–Trinajstić information content (AvgIpc) is 2.77. The van der Waals surface area contributed by atoms with E-state index >= 15 is 0 Å². The maximum absolute atomic E-state index is 12.7. The number of fused-ring (bicyclic) bond motifs is 1. The highest BCUT2D eigenvalue weighted by molar-refractivity contribution is 7.99. The Morgan fingerprint density at radius 3 is 2.57 bits per heavy atom. The van der Waals surface area contributed by atoms with Gasteiger partial charge in [-0.1, -0.05) is 42.1 Å². The second-order valence-corrected chi connectivity index (χ2v) is 8.19. The number of nitro benzene ring substituents is 1. The third-order valence-electron chi connectivity index (χ3n) is 5.29. The predicted octanol–water partition coefficient (Wildman–Crippen LogP) is 3.89. The Bertz CT molecular complexity index is 1100. The zero-order valence-corrected chi connectivity index (χ0v) is 17.5. The van der Waals surface area contributed by atoms with Crippen LogP contribution < -0.4 is 4.90 Å². The molecule has 7 nitrogen and oxygen atoms in total. The summed E-state index contributed by atoms with van der Waals surface area (Å²) in [6.07, 6.45) is 0. The molecule has 30 heavy (non-hydrogen) atoms. The van der Waals surface area contributed by atoms with Crippen LogP contribution in [0, 0.1) is 17.0 Å². The summed E-state index contributed by atoms with van der Waals surface area (Å²) in [5.74, 6) is 0.394. The van der Waals surface area contributed by atoms with E-state index in [9.17, 15) is 14.9 Å². The summed E-state index contributed by atoms with van der Waals surface area (Å²) in [7, 11) is 0. The number of pyridine rings is 1. The summed E-state index contributed by atoms with van der Waals surface area (Å²) >= 11 is 1.45. The molecule has 2 heterocycles. The van der Waals surface area contributed by atoms with Crippen LogP contribution in [0.4, 0.5) is 11.4 Å². The molecule has 0 radical (unpaired) electrons. The fourth-order valence-corrected chi connectivity index (χ4v) is 4.58. The Balaban J connectivity index is 1.36. The highest BCUT2D eigenvalue weighted by Gasteiger charge is 2.25. The van der Waals surface area contributed by atoms with Crippen molar-refractivity contribution in [1.29, 1.82) is 0 Å². The minimum atomic E-state index is -0.359. The van der Waals surface area contributed by atoms with Crippen LogP contribution in [0.2, 0.25) is 0 Å². The third kappa shape index (κ3) is 4.23. The molecule has 0 aliphatic carbocycles. The Morgan fingerprint density at radius 1 is 1.10 bits per heavy atom. The van der Waals surface area contributed by atoms with E-state index in [1.807, 2.05) is 40.1 Å². The molecule has 0 unspecified atom stereocenters. The van der Waals surface area contributed by atoms with E-state index in [0.717, 1.165) is 21.5 Å². The van der Waals surface area contributed by atoms with E-state index in [-0.39, 0.29) is 16.5 Å². The monoisotopic (exact) mass is 422 g/mol. The fourth-order valence-electron chi connectivity index (χ4n) is 3.70. The molecule has 0 bridgehead atoms. The molecule has 1 aliphatic heterocycles. The summed E-state index contributed by atoms with van der Waals surface area (Å²) < 4.78 is 0. The molecule has 154 valence electrons. The maximum atomic E-state index is 12.7. The van der Waals surface area contributed by atoms with Gasteiger partial charge in [-0.25, -0.2) is 4.98 Å². The fraction of sp³-hybridized carbons (Fsp3) is 0.273. The van der Waals surface area contributed by atoms with E-state index in [1.165, 1.54) is 17.8 Å². The van der Waals surface area contributed by atoms with E-state index in [2.05, 4.69) is 11.9 Å². The van der Waals surface area contributed by atoms with Gasteiger partial charge in [-0.2, -0.15) is 0 Å². The second-order valence-electron chi connectivity index (χ2n) is 7.20. The molecule has 0 N–H and O–H groups in total. The molecule has 8 heteroatoms. The minimum Gasteiger partial charge on any atom is -0.362 e. The number of benzene rings is 2. The van der Waals surface area contributed by atoms with Crippen LogP contribution in [0.15, 0.2) is 59.6 Å². The van der Waals surface area contributed by atoms with E-state index < -0.39 is 0 Å². The van der Waals surface area contributed by atoms with Gasteiger partial charge in [0.15, 0.2) is 0 Å². The number of rotatable bonds is 5. The van der Waals surface area contributed by atoms with Crippen LogP contribution in [0.3, 0.4) is 0 Å². The summed E-state index contributed by atoms with van der Waals surface area (Å²) in [4.78, 5) is 32.1. The van der Waals surface area contributed by atoms with Crippen LogP contribution in [0.5, 0.6) is 0 Å². The second kappa shape index (κ2) is 8.71. The molecule has 0 spiro atoms. The van der Waals surface area contributed by atoms with Gasteiger partial charge in [0, 0.05) is 37.6 Å². The van der Waals surface area contributed by atoms with Gasteiger partial charge >= 0.3 is 0 Å². The van der Waals surface area contributed by atoms with Crippen molar-refractivity contribution in [3.8, 4) is 0 Å². The number of aryl methyl sites for hydroxylation is 1. The number of nitrogens with zero attached hydrogens (tertiary/aromatic N) is 4. The molecule has 4 rings (SSSR count). The quantitative estimate of drug-likeness (QED) is 0.353. The normalized spacial score (nSPS) is 14.2. The number of hydrogen-bond acceptors (Lipinski definition) is 6. The number of piperazine rings is 1. The summed E-state index contributed by atoms with van der Waals surface area (Å²) in [6, 6.07) is 16.8. The summed E-state index contributed by atoms with van der Waals surface area (Å²) in [5, 5.41) is 13.2. The predicted molar refractivity (Wildman–Crippen MR) is 119 cm³/mol. The van der Waals surface area contributed by atoms with Gasteiger partial charge in [-0.3, -0.25) is 14.9 Å². The lowest BCUT2D eigenvalue weighted by atomic mass is 10.1. The van der Waals surface area contributed by atoms with Crippen molar-refractivity contribution >= 4 is 39.9 Å². The number of thioether (sulfide) groups is 1. The largest absolute Gasteiger partial charge is 0.362 e. The van der Waals surface area contributed by atoms with Crippen molar-refractivity contribution in [2.24, 2.45) is 0 Å². The molecular formula is C22H22N4O3S. The van der Waals surface area contributed by atoms with E-state index in [4.69, 9.17) is 0 Å². The molecule has 1 aromatic heterocycles. The number of aromatic nitrogens is 1. The molecule has 0 saturated carbocycles. The van der Waals surface area contributed by atoms with Crippen molar-refractivity contribution in [3.05, 3.63) is 70.3 Å². The van der Waals surface area contributed by atoms with Gasteiger partial charge in [-0.05, 0) is 30.7 Å². The van der Waals surface area contributed by atoms with E-state index in [0.29, 0.717) is 37.6 Å². The highest BCUT2D eigenvalue weighted by Crippen LogP contribution is 2.29. The van der Waals surface area contributed by atoms with Crippen LogP contribution in [0.1, 0.15) is 5.56 Å². The Morgan fingerprint density at radius 2 is 1.80 bits per heavy atom. The maximum Gasteiger partial charge on any atom is 0.292 e. The zero-order chi connectivity index (χ0) is 21.1. The number of carbonyl (C=O) groups is 1. The first-order chi connectivity index (χ1) is 14.5. The zero-order valence-electron chi connectivity index (χ0n) is 16.7. The van der Waals surface area contributed by atoms with Crippen LogP contribution >= 0.6 is 11.8 Å². The van der Waals surface area contributed by atoms with Gasteiger partial charge < -0.3 is 9.80 Å². The first-order valence-corrected chi connectivity index (χ1v) is 10.8. The molecular weight excluding hydrogens is 400 g/mol. The lowest BCUT2D eigenvalue weighted by molar-refractivity contribution is -0.384. The van der Waals surface area contributed by atoms with Gasteiger partial charge in [0.25, 0.3) is 5.69 Å². The SMILES string of the molecule is Cc1cc(SCC(=O)N2CCN(c3ccccc3[N+](=O)[O-])CC2)nc2ccccc12. The van der Waals surface area contributed by atoms with Crippen LogP contribution in [-0.4, -0.2) is 52.6 Å². The number of hydrogen-bond donors (Lipinski definition) is 0. The lowest BCUT2D eigenvalue weighted by Crippen LogP contribution is -2.49. The molecule has 1 amide bonds. The Hall–Kier alpha value is -3.13. The van der Waals surface area contributed by atoms with E-state index in [1.54, 1.807) is 18.2 Å². The molecule has 2 aromatic carbocycles. The van der Waals surface area contributed by atoms with Gasteiger partial charge in [0.05, 0.1) is 21.2 Å². The average molecular weight is 423 g/mol. The van der Waals surface area contributed by atoms with Crippen LogP contribution in [-0.2, 0) is 4.79 Å². The van der Waals surface area contributed by atoms with Crippen molar-refractivity contribution < 1.29 is 9.72 Å². The van der Waals surface area contributed by atoms with Crippen molar-refractivity contribution in [2.45, 2.75) is 11.9 Å². The van der Waals surface area contributed by atoms with Gasteiger partial charge in [0.1, 0.15) is 5.69 Å². The van der Waals surface area contributed by atoms with Gasteiger partial charge in [0.2, 0.25) is 5.91 Å². The topological polar surface area (TPSA) is 79.6 Å². The number of amides is 1. The number of anilines is 1. The summed E-state index contributed by atoms with van der Waals surface area (Å²) in [6.45, 7) is 4.31. The molecule has 1 aliphatic rings. The van der Waals surface area contributed by atoms with Crippen molar-refractivity contribution in [3.63, 3.8) is 0 Å². The summed E-state index contributed by atoms with van der Waals surface area (Å²) in [5.41, 5.74) is 2.80. The third-order valence-corrected chi connectivity index (χ3v) is 6.19. The number of para-hydroxylation sites is 3. The Labute approximate surface area is 178 Å². The first kappa shape index (κ1) is 20.2. The molecule has 0 atom stereocenters. The van der Waals surface area contributed by atoms with Crippen LogP contribution in [0.25, 0.3) is 10.9 Å². The Kier molecular flexibility index (Phi) is 5.85. The smallest absolute Gasteiger partial charge is 0.292 e.